The fourth-order valence-corrected chi connectivity index (χ4v) is 0.808. The van der Waals surface area contributed by atoms with E-state index in [1.54, 1.807) is 13.0 Å². The highest BCUT2D eigenvalue weighted by Gasteiger charge is 2.02. The van der Waals surface area contributed by atoms with Gasteiger partial charge in [-0.15, -0.1) is 11.6 Å². The first kappa shape index (κ1) is 12.5. The number of halogens is 1. The average Bonchev–Trinajstić information content (AvgIpc) is 2.12. The molecule has 0 bridgehead atoms. The lowest BCUT2D eigenvalue weighted by Crippen LogP contribution is -2.08. The van der Waals surface area contributed by atoms with Crippen LogP contribution in [0.15, 0.2) is 12.2 Å². The molecule has 1 unspecified atom stereocenters. The van der Waals surface area contributed by atoms with Gasteiger partial charge in [-0.3, -0.25) is 0 Å². The monoisotopic (exact) mass is 205 g/mol. The summed E-state index contributed by atoms with van der Waals surface area (Å²) in [5.41, 5.74) is 0. The molecule has 0 aromatic carbocycles. The number of rotatable bonds is 6. The van der Waals surface area contributed by atoms with Crippen molar-refractivity contribution >= 4 is 17.6 Å². The predicted molar refractivity (Wildman–Crippen MR) is 51.2 cm³/mol. The largest absolute Gasteiger partial charge is 0.455 e. The Morgan fingerprint density at radius 3 is 2.92 bits per heavy atom. The van der Waals surface area contributed by atoms with Crippen molar-refractivity contribution in [2.24, 2.45) is 0 Å². The van der Waals surface area contributed by atoms with E-state index in [2.05, 4.69) is 4.74 Å². The maximum absolute atomic E-state index is 10.7. The lowest BCUT2D eigenvalue weighted by atomic mass is 10.2. The van der Waals surface area contributed by atoms with Crippen LogP contribution in [0.4, 0.5) is 0 Å². The Balaban J connectivity index is 3.30. The van der Waals surface area contributed by atoms with Crippen LogP contribution in [0.3, 0.4) is 0 Å². The molecule has 0 saturated carbocycles. The molecule has 0 aromatic rings. The van der Waals surface area contributed by atoms with Crippen LogP contribution in [0.1, 0.15) is 19.8 Å². The molecule has 0 spiro atoms. The molecule has 0 fully saturated rings. The second-order valence-electron chi connectivity index (χ2n) is 2.49. The van der Waals surface area contributed by atoms with Crippen molar-refractivity contribution in [1.29, 1.82) is 0 Å². The van der Waals surface area contributed by atoms with E-state index >= 15 is 0 Å². The minimum absolute atomic E-state index is 0.205. The van der Waals surface area contributed by atoms with Crippen molar-refractivity contribution in [2.75, 3.05) is 5.88 Å². The van der Waals surface area contributed by atoms with E-state index in [0.29, 0.717) is 12.8 Å². The summed E-state index contributed by atoms with van der Waals surface area (Å²) in [6.45, 7) is 3.11. The van der Waals surface area contributed by atoms with Gasteiger partial charge < -0.3 is 9.84 Å². The standard InChI is InChI=1S/C9H14ClO3/c1-2-4-9(12)13-6-3-5-8(11)7-10/h2,4,6,8,11H,3,5,7H2,1H3. The van der Waals surface area contributed by atoms with Gasteiger partial charge in [0.2, 0.25) is 0 Å². The van der Waals surface area contributed by atoms with Crippen molar-refractivity contribution in [1.82, 2.24) is 0 Å². The zero-order valence-electron chi connectivity index (χ0n) is 7.57. The number of esters is 1. The summed E-state index contributed by atoms with van der Waals surface area (Å²) in [6.07, 6.45) is 3.42. The van der Waals surface area contributed by atoms with Crippen molar-refractivity contribution in [3.63, 3.8) is 0 Å². The molecule has 1 atom stereocenters. The molecule has 0 rings (SSSR count). The maximum Gasteiger partial charge on any atom is 0.330 e. The van der Waals surface area contributed by atoms with Gasteiger partial charge in [0, 0.05) is 12.0 Å². The molecule has 0 saturated heterocycles. The molecule has 3 nitrogen and oxygen atoms in total. The van der Waals surface area contributed by atoms with E-state index < -0.39 is 12.1 Å². The quantitative estimate of drug-likeness (QED) is 0.310. The second-order valence-corrected chi connectivity index (χ2v) is 2.80. The topological polar surface area (TPSA) is 46.5 Å². The first-order chi connectivity index (χ1) is 6.20. The van der Waals surface area contributed by atoms with Gasteiger partial charge in [0.15, 0.2) is 0 Å². The van der Waals surface area contributed by atoms with Gasteiger partial charge in [0.25, 0.3) is 0 Å². The van der Waals surface area contributed by atoms with E-state index in [-0.39, 0.29) is 5.88 Å². The minimum Gasteiger partial charge on any atom is -0.455 e. The lowest BCUT2D eigenvalue weighted by Gasteiger charge is -2.04. The van der Waals surface area contributed by atoms with Gasteiger partial charge in [-0.25, -0.2) is 4.79 Å². The summed E-state index contributed by atoms with van der Waals surface area (Å²) in [5, 5.41) is 9.02. The molecule has 0 aromatic heterocycles. The van der Waals surface area contributed by atoms with Crippen molar-refractivity contribution in [2.45, 2.75) is 25.9 Å². The number of aliphatic hydroxyl groups excluding tert-OH is 1. The van der Waals surface area contributed by atoms with Crippen LogP contribution in [0.5, 0.6) is 0 Å². The number of allylic oxidation sites excluding steroid dienone is 1. The number of hydrogen-bond donors (Lipinski definition) is 1. The molecule has 4 heteroatoms. The summed E-state index contributed by atoms with van der Waals surface area (Å²) in [7, 11) is 0. The highest BCUT2D eigenvalue weighted by atomic mass is 35.5. The first-order valence-electron chi connectivity index (χ1n) is 4.09. The molecule has 1 radical (unpaired) electrons. The lowest BCUT2D eigenvalue weighted by molar-refractivity contribution is -0.134. The van der Waals surface area contributed by atoms with E-state index in [9.17, 15) is 4.79 Å². The zero-order chi connectivity index (χ0) is 10.1. The Bertz CT molecular complexity index is 168. The van der Waals surface area contributed by atoms with Gasteiger partial charge in [0.1, 0.15) is 6.61 Å². The number of aliphatic hydroxyl groups is 1. The maximum atomic E-state index is 10.7. The van der Waals surface area contributed by atoms with Crippen LogP contribution in [-0.4, -0.2) is 23.1 Å². The minimum atomic E-state index is -0.529. The highest BCUT2D eigenvalue weighted by Crippen LogP contribution is 2.02. The third-order valence-electron chi connectivity index (χ3n) is 1.30. The summed E-state index contributed by atoms with van der Waals surface area (Å²) in [6, 6.07) is 0. The molecule has 1 N–H and O–H groups in total. The van der Waals surface area contributed by atoms with Gasteiger partial charge >= 0.3 is 5.97 Å². The van der Waals surface area contributed by atoms with Crippen LogP contribution in [0, 0.1) is 6.61 Å². The van der Waals surface area contributed by atoms with Gasteiger partial charge in [-0.2, -0.15) is 0 Å². The first-order valence-corrected chi connectivity index (χ1v) is 4.63. The van der Waals surface area contributed by atoms with Crippen LogP contribution in [-0.2, 0) is 9.53 Å². The molecule has 0 amide bonds. The molecule has 0 aliphatic heterocycles. The number of carbonyl (C=O) groups excluding carboxylic acids is 1. The predicted octanol–water partition coefficient (Wildman–Crippen LogP) is 1.65. The van der Waals surface area contributed by atoms with Crippen LogP contribution in [0.25, 0.3) is 0 Å². The van der Waals surface area contributed by atoms with E-state index in [0.717, 1.165) is 0 Å². The molecular weight excluding hydrogens is 192 g/mol. The van der Waals surface area contributed by atoms with E-state index in [1.165, 1.54) is 12.7 Å². The molecule has 0 aliphatic rings. The summed E-state index contributed by atoms with van der Waals surface area (Å²) in [5.74, 6) is -0.195. The average molecular weight is 206 g/mol. The Hall–Kier alpha value is -0.540. The van der Waals surface area contributed by atoms with Crippen LogP contribution < -0.4 is 0 Å². The van der Waals surface area contributed by atoms with Gasteiger partial charge in [0.05, 0.1) is 6.10 Å². The molecular formula is C9H14ClO3. The van der Waals surface area contributed by atoms with Crippen molar-refractivity contribution < 1.29 is 14.6 Å². The van der Waals surface area contributed by atoms with Crippen LogP contribution in [0.2, 0.25) is 0 Å². The van der Waals surface area contributed by atoms with Crippen molar-refractivity contribution in [3.05, 3.63) is 18.8 Å². The van der Waals surface area contributed by atoms with Crippen LogP contribution >= 0.6 is 11.6 Å². The Morgan fingerprint density at radius 1 is 1.69 bits per heavy atom. The summed E-state index contributed by atoms with van der Waals surface area (Å²) >= 11 is 5.36. The second kappa shape index (κ2) is 8.08. The third kappa shape index (κ3) is 7.81. The normalized spacial score (nSPS) is 13.2. The Kier molecular flexibility index (Phi) is 7.74. The van der Waals surface area contributed by atoms with E-state index in [4.69, 9.17) is 16.7 Å². The zero-order valence-corrected chi connectivity index (χ0v) is 8.33. The van der Waals surface area contributed by atoms with Gasteiger partial charge in [-0.1, -0.05) is 6.08 Å². The summed E-state index contributed by atoms with van der Waals surface area (Å²) in [4.78, 5) is 10.7. The molecule has 0 heterocycles. The SMILES string of the molecule is CC=CC(=O)O[CH]CCC(O)CCl. The number of hydrogen-bond acceptors (Lipinski definition) is 3. The number of alkyl halides is 1. The number of ether oxygens (including phenoxy) is 1. The summed E-state index contributed by atoms with van der Waals surface area (Å²) < 4.78 is 4.67. The molecule has 75 valence electrons. The molecule has 13 heavy (non-hydrogen) atoms. The van der Waals surface area contributed by atoms with Crippen molar-refractivity contribution in [3.8, 4) is 0 Å². The van der Waals surface area contributed by atoms with Gasteiger partial charge in [-0.05, 0) is 19.8 Å². The Morgan fingerprint density at radius 2 is 2.38 bits per heavy atom. The fraction of sp³-hybridized carbons (Fsp3) is 0.556. The molecule has 0 aliphatic carbocycles. The third-order valence-corrected chi connectivity index (χ3v) is 1.65. The fourth-order valence-electron chi connectivity index (χ4n) is 0.654. The number of carbonyl (C=O) groups is 1. The van der Waals surface area contributed by atoms with E-state index in [1.807, 2.05) is 0 Å². The Labute approximate surface area is 83.3 Å². The smallest absolute Gasteiger partial charge is 0.330 e. The highest BCUT2D eigenvalue weighted by molar-refractivity contribution is 6.18.